The van der Waals surface area contributed by atoms with Gasteiger partial charge in [0.2, 0.25) is 0 Å². The summed E-state index contributed by atoms with van der Waals surface area (Å²) >= 11 is 0. The number of nitrogens with zero attached hydrogens (tertiary/aromatic N) is 1. The van der Waals surface area contributed by atoms with Gasteiger partial charge in [-0.15, -0.1) is 0 Å². The predicted molar refractivity (Wildman–Crippen MR) is 108 cm³/mol. The van der Waals surface area contributed by atoms with E-state index in [-0.39, 0.29) is 7.43 Å². The first kappa shape index (κ1) is 26.3. The first-order chi connectivity index (χ1) is 10.6. The second-order valence-corrected chi connectivity index (χ2v) is 5.01. The van der Waals surface area contributed by atoms with E-state index in [0.717, 1.165) is 0 Å². The molecule has 2 rings (SSSR count). The molecule has 132 valence electrons. The molecule has 0 unspecified atom stereocenters. The Bertz CT molecular complexity index is 375. The molecule has 2 aromatic rings. The number of benzene rings is 1. The molecule has 1 heteroatoms. The monoisotopic (exact) mass is 317 g/mol. The number of pyridine rings is 1. The molecule has 0 spiro atoms. The van der Waals surface area contributed by atoms with Crippen LogP contribution in [0, 0.1) is 0 Å². The van der Waals surface area contributed by atoms with E-state index in [2.05, 4.69) is 63.0 Å². The van der Waals surface area contributed by atoms with Crippen LogP contribution in [0.2, 0.25) is 0 Å². The van der Waals surface area contributed by atoms with Crippen LogP contribution in [0.4, 0.5) is 0 Å². The summed E-state index contributed by atoms with van der Waals surface area (Å²) in [6, 6.07) is 14.6. The van der Waals surface area contributed by atoms with Crippen LogP contribution in [0.25, 0.3) is 0 Å². The molecular formula is C22H39N. The summed E-state index contributed by atoms with van der Waals surface area (Å²) in [5.41, 5.74) is 2.72. The normalized spacial score (nSPS) is 8.43. The maximum absolute atomic E-state index is 4.01. The minimum atomic E-state index is 0. The molecule has 0 aliphatic rings. The highest BCUT2D eigenvalue weighted by Gasteiger charge is 1.94. The van der Waals surface area contributed by atoms with Gasteiger partial charge in [0.1, 0.15) is 0 Å². The summed E-state index contributed by atoms with van der Waals surface area (Å²) in [7, 11) is 0. The zero-order valence-corrected chi connectivity index (χ0v) is 15.8. The maximum Gasteiger partial charge on any atom is 0.0302 e. The van der Waals surface area contributed by atoms with Crippen molar-refractivity contribution in [2.75, 3.05) is 0 Å². The van der Waals surface area contributed by atoms with E-state index in [1.807, 2.05) is 46.0 Å². The summed E-state index contributed by atoms with van der Waals surface area (Å²) < 4.78 is 0. The quantitative estimate of drug-likeness (QED) is 0.553. The number of hydrogen-bond acceptors (Lipinski definition) is 1. The van der Waals surface area contributed by atoms with E-state index in [0.29, 0.717) is 11.8 Å². The molecule has 0 radical (unpaired) electrons. The molecule has 0 N–H and O–H groups in total. The molecule has 1 nitrogen and oxygen atoms in total. The topological polar surface area (TPSA) is 12.9 Å². The highest BCUT2D eigenvalue weighted by molar-refractivity contribution is 5.17. The molecule has 0 aliphatic carbocycles. The van der Waals surface area contributed by atoms with Crippen LogP contribution >= 0.6 is 0 Å². The number of aromatic nitrogens is 1. The van der Waals surface area contributed by atoms with Gasteiger partial charge in [0.15, 0.2) is 0 Å². The summed E-state index contributed by atoms with van der Waals surface area (Å²) in [6.45, 7) is 16.7. The Balaban J connectivity index is -0.000000276. The van der Waals surface area contributed by atoms with Gasteiger partial charge in [0, 0.05) is 12.4 Å². The SMILES string of the molecule is C.CC.CC.CC(C)c1ccccc1.CC(C)c1cccnc1. The Morgan fingerprint density at radius 1 is 0.652 bits per heavy atom. The van der Waals surface area contributed by atoms with Crippen molar-refractivity contribution in [2.24, 2.45) is 0 Å². The average molecular weight is 318 g/mol. The Labute approximate surface area is 146 Å². The van der Waals surface area contributed by atoms with E-state index in [1.165, 1.54) is 11.1 Å². The fourth-order valence-electron chi connectivity index (χ4n) is 1.56. The Morgan fingerprint density at radius 3 is 1.35 bits per heavy atom. The fourth-order valence-corrected chi connectivity index (χ4v) is 1.56. The van der Waals surface area contributed by atoms with Crippen molar-refractivity contribution in [2.45, 2.75) is 74.7 Å². The molecule has 1 heterocycles. The van der Waals surface area contributed by atoms with Crippen LogP contribution in [-0.4, -0.2) is 4.98 Å². The molecule has 0 bridgehead atoms. The molecule has 0 fully saturated rings. The summed E-state index contributed by atoms with van der Waals surface area (Å²) in [6.07, 6.45) is 3.70. The van der Waals surface area contributed by atoms with Crippen LogP contribution in [-0.2, 0) is 0 Å². The number of hydrogen-bond donors (Lipinski definition) is 0. The van der Waals surface area contributed by atoms with Gasteiger partial charge in [-0.3, -0.25) is 4.98 Å². The highest BCUT2D eigenvalue weighted by atomic mass is 14.6. The minimum Gasteiger partial charge on any atom is -0.264 e. The molecule has 1 aromatic carbocycles. The van der Waals surface area contributed by atoms with Gasteiger partial charge in [-0.2, -0.15) is 0 Å². The molecule has 0 atom stereocenters. The maximum atomic E-state index is 4.01. The van der Waals surface area contributed by atoms with Crippen LogP contribution < -0.4 is 0 Å². The molecule has 1 aromatic heterocycles. The molecule has 0 saturated heterocycles. The minimum absolute atomic E-state index is 0. The van der Waals surface area contributed by atoms with Crippen molar-refractivity contribution in [3.8, 4) is 0 Å². The lowest BCUT2D eigenvalue weighted by molar-refractivity contribution is 0.858. The van der Waals surface area contributed by atoms with Crippen molar-refractivity contribution in [1.29, 1.82) is 0 Å². The fraction of sp³-hybridized carbons (Fsp3) is 0.500. The van der Waals surface area contributed by atoms with E-state index in [4.69, 9.17) is 0 Å². The van der Waals surface area contributed by atoms with Crippen molar-refractivity contribution in [3.63, 3.8) is 0 Å². The molecule has 23 heavy (non-hydrogen) atoms. The Hall–Kier alpha value is -1.63. The zero-order chi connectivity index (χ0) is 17.4. The first-order valence-corrected chi connectivity index (χ1v) is 8.56. The van der Waals surface area contributed by atoms with Gasteiger partial charge in [0.25, 0.3) is 0 Å². The third kappa shape index (κ3) is 13.7. The van der Waals surface area contributed by atoms with Gasteiger partial charge in [-0.25, -0.2) is 0 Å². The summed E-state index contributed by atoms with van der Waals surface area (Å²) in [4.78, 5) is 4.01. The van der Waals surface area contributed by atoms with Crippen LogP contribution in [0.3, 0.4) is 0 Å². The van der Waals surface area contributed by atoms with E-state index in [9.17, 15) is 0 Å². The van der Waals surface area contributed by atoms with Gasteiger partial charge in [0.05, 0.1) is 0 Å². The number of rotatable bonds is 2. The van der Waals surface area contributed by atoms with Crippen LogP contribution in [0.5, 0.6) is 0 Å². The van der Waals surface area contributed by atoms with Gasteiger partial charge >= 0.3 is 0 Å². The standard InChI is InChI=1S/C9H12.C8H11N.2C2H6.CH4/c1-8(2)9-6-4-3-5-7-9;1-7(2)8-4-3-5-9-6-8;2*1-2;/h3-8H,1-2H3;3-7H,1-2H3;2*1-2H3;1H4. The Morgan fingerprint density at radius 2 is 1.09 bits per heavy atom. The van der Waals surface area contributed by atoms with Crippen LogP contribution in [0.15, 0.2) is 54.9 Å². The van der Waals surface area contributed by atoms with Crippen molar-refractivity contribution >= 4 is 0 Å². The third-order valence-electron chi connectivity index (χ3n) is 2.82. The summed E-state index contributed by atoms with van der Waals surface area (Å²) in [5, 5.41) is 0. The second kappa shape index (κ2) is 18.4. The van der Waals surface area contributed by atoms with Crippen LogP contribution in [0.1, 0.15) is 85.8 Å². The van der Waals surface area contributed by atoms with Crippen molar-refractivity contribution in [3.05, 3.63) is 66.0 Å². The molecule has 0 amide bonds. The smallest absolute Gasteiger partial charge is 0.0302 e. The van der Waals surface area contributed by atoms with E-state index in [1.54, 1.807) is 6.20 Å². The highest BCUT2D eigenvalue weighted by Crippen LogP contribution is 2.11. The summed E-state index contributed by atoms with van der Waals surface area (Å²) in [5.74, 6) is 1.25. The third-order valence-corrected chi connectivity index (χ3v) is 2.82. The molecule has 0 aliphatic heterocycles. The lowest BCUT2D eigenvalue weighted by Gasteiger charge is -2.01. The van der Waals surface area contributed by atoms with Gasteiger partial charge in [-0.05, 0) is 29.0 Å². The Kier molecular flexibility index (Phi) is 21.0. The van der Waals surface area contributed by atoms with Crippen molar-refractivity contribution in [1.82, 2.24) is 4.98 Å². The zero-order valence-electron chi connectivity index (χ0n) is 15.8. The lowest BCUT2D eigenvalue weighted by atomic mass is 10.0. The largest absolute Gasteiger partial charge is 0.264 e. The molecular weight excluding hydrogens is 278 g/mol. The predicted octanol–water partition coefficient (Wildman–Crippen LogP) is 7.70. The first-order valence-electron chi connectivity index (χ1n) is 8.56. The molecule has 0 saturated carbocycles. The van der Waals surface area contributed by atoms with Crippen molar-refractivity contribution < 1.29 is 0 Å². The van der Waals surface area contributed by atoms with Gasteiger partial charge in [-0.1, -0.05) is 99.2 Å². The van der Waals surface area contributed by atoms with E-state index >= 15 is 0 Å². The lowest BCUT2D eigenvalue weighted by Crippen LogP contribution is -1.85. The van der Waals surface area contributed by atoms with Gasteiger partial charge < -0.3 is 0 Å². The van der Waals surface area contributed by atoms with E-state index < -0.39 is 0 Å². The average Bonchev–Trinajstić information content (AvgIpc) is 2.60. The second-order valence-electron chi connectivity index (χ2n) is 5.01.